The number of esters is 1. The van der Waals surface area contributed by atoms with Gasteiger partial charge in [-0.25, -0.2) is 4.79 Å². The third-order valence-corrected chi connectivity index (χ3v) is 1.48. The summed E-state index contributed by atoms with van der Waals surface area (Å²) in [6.45, 7) is 3.36. The van der Waals surface area contributed by atoms with Crippen molar-refractivity contribution in [2.75, 3.05) is 20.7 Å². The number of likely N-dealkylation sites (N-methyl/N-ethyl adjacent to an activating group) is 1. The Kier molecular flexibility index (Phi) is 4.40. The highest BCUT2D eigenvalue weighted by Crippen LogP contribution is 2.03. The van der Waals surface area contributed by atoms with Crippen LogP contribution in [0.5, 0.6) is 0 Å². The topological polar surface area (TPSA) is 67.4 Å². The molecule has 0 aliphatic carbocycles. The minimum atomic E-state index is -0.970. The summed E-state index contributed by atoms with van der Waals surface area (Å²) in [6, 6.07) is 0. The number of hydrogen-bond acceptors (Lipinski definition) is 4. The lowest BCUT2D eigenvalue weighted by molar-refractivity contribution is -0.149. The van der Waals surface area contributed by atoms with Crippen LogP contribution in [0.3, 0.4) is 0 Å². The number of nitrogens with one attached hydrogen (secondary N) is 2. The molecule has 0 aliphatic rings. The number of hydrogen-bond donors (Lipinski definition) is 2. The zero-order chi connectivity index (χ0) is 10.5. The fraction of sp³-hybridized carbons (Fsp3) is 0.750. The molecule has 13 heavy (non-hydrogen) atoms. The van der Waals surface area contributed by atoms with Crippen molar-refractivity contribution in [1.29, 1.82) is 0 Å². The molecule has 0 saturated carbocycles. The van der Waals surface area contributed by atoms with Crippen LogP contribution >= 0.6 is 0 Å². The van der Waals surface area contributed by atoms with Crippen molar-refractivity contribution < 1.29 is 14.3 Å². The Labute approximate surface area is 77.8 Å². The van der Waals surface area contributed by atoms with Crippen molar-refractivity contribution in [3.05, 3.63) is 0 Å². The highest BCUT2D eigenvalue weighted by Gasteiger charge is 2.29. The second-order valence-electron chi connectivity index (χ2n) is 3.20. The minimum absolute atomic E-state index is 0.181. The quantitative estimate of drug-likeness (QED) is 0.571. The summed E-state index contributed by atoms with van der Waals surface area (Å²) in [5.74, 6) is -0.699. The molecule has 0 heterocycles. The van der Waals surface area contributed by atoms with Gasteiger partial charge in [0.2, 0.25) is 5.91 Å². The molecular weight excluding hydrogens is 172 g/mol. The minimum Gasteiger partial charge on any atom is -0.467 e. The predicted octanol–water partition coefficient (Wildman–Crippen LogP) is -0.726. The molecule has 0 atom stereocenters. The van der Waals surface area contributed by atoms with E-state index in [-0.39, 0.29) is 12.5 Å². The van der Waals surface area contributed by atoms with Crippen molar-refractivity contribution in [3.8, 4) is 0 Å². The van der Waals surface area contributed by atoms with E-state index in [1.165, 1.54) is 7.11 Å². The summed E-state index contributed by atoms with van der Waals surface area (Å²) < 4.78 is 4.52. The Balaban J connectivity index is 4.16. The van der Waals surface area contributed by atoms with Gasteiger partial charge in [-0.2, -0.15) is 0 Å². The van der Waals surface area contributed by atoms with Gasteiger partial charge in [-0.15, -0.1) is 0 Å². The molecule has 0 saturated heterocycles. The Morgan fingerprint density at radius 3 is 2.31 bits per heavy atom. The molecule has 1 amide bonds. The third kappa shape index (κ3) is 3.89. The number of carbonyl (C=O) groups excluding carboxylic acids is 2. The van der Waals surface area contributed by atoms with Crippen LogP contribution in [0, 0.1) is 0 Å². The first-order valence-electron chi connectivity index (χ1n) is 3.98. The number of amides is 1. The van der Waals surface area contributed by atoms with Crippen molar-refractivity contribution in [1.82, 2.24) is 10.6 Å². The summed E-state index contributed by atoms with van der Waals surface area (Å²) in [6.07, 6.45) is 0. The van der Waals surface area contributed by atoms with Crippen molar-refractivity contribution >= 4 is 11.9 Å². The molecular formula is C8H16N2O3. The molecule has 0 spiro atoms. The summed E-state index contributed by atoms with van der Waals surface area (Å²) in [5, 5.41) is 5.21. The summed E-state index contributed by atoms with van der Waals surface area (Å²) >= 11 is 0. The van der Waals surface area contributed by atoms with Crippen molar-refractivity contribution in [2.45, 2.75) is 19.4 Å². The second-order valence-corrected chi connectivity index (χ2v) is 3.20. The van der Waals surface area contributed by atoms with Gasteiger partial charge in [-0.1, -0.05) is 0 Å². The molecule has 2 N–H and O–H groups in total. The first kappa shape index (κ1) is 11.9. The number of rotatable bonds is 4. The van der Waals surface area contributed by atoms with Gasteiger partial charge in [-0.3, -0.25) is 4.79 Å². The highest BCUT2D eigenvalue weighted by atomic mass is 16.5. The van der Waals surface area contributed by atoms with Crippen LogP contribution in [0.25, 0.3) is 0 Å². The molecule has 0 fully saturated rings. The normalized spacial score (nSPS) is 10.8. The van der Waals surface area contributed by atoms with Crippen molar-refractivity contribution in [3.63, 3.8) is 0 Å². The SMILES string of the molecule is CNCC(=O)NC(C)(C)C(=O)OC. The largest absolute Gasteiger partial charge is 0.467 e. The van der Waals surface area contributed by atoms with E-state index in [1.807, 2.05) is 0 Å². The lowest BCUT2D eigenvalue weighted by Gasteiger charge is -2.22. The molecule has 0 bridgehead atoms. The monoisotopic (exact) mass is 188 g/mol. The van der Waals surface area contributed by atoms with Crippen LogP contribution in [0.1, 0.15) is 13.8 Å². The second kappa shape index (κ2) is 4.81. The molecule has 0 rings (SSSR count). The number of carbonyl (C=O) groups is 2. The van der Waals surface area contributed by atoms with Crippen LogP contribution in [-0.2, 0) is 14.3 Å². The lowest BCUT2D eigenvalue weighted by Crippen LogP contribution is -2.52. The molecule has 0 aromatic heterocycles. The summed E-state index contributed by atoms with van der Waals surface area (Å²) in [7, 11) is 2.94. The first-order valence-corrected chi connectivity index (χ1v) is 3.98. The summed E-state index contributed by atoms with van der Waals surface area (Å²) in [4.78, 5) is 22.2. The zero-order valence-electron chi connectivity index (χ0n) is 8.43. The van der Waals surface area contributed by atoms with Gasteiger partial charge in [0, 0.05) is 0 Å². The molecule has 0 aliphatic heterocycles. The van der Waals surface area contributed by atoms with E-state index < -0.39 is 11.5 Å². The predicted molar refractivity (Wildman–Crippen MR) is 48.2 cm³/mol. The van der Waals surface area contributed by atoms with E-state index in [4.69, 9.17) is 0 Å². The molecule has 0 aromatic rings. The van der Waals surface area contributed by atoms with Crippen LogP contribution in [0.4, 0.5) is 0 Å². The maximum atomic E-state index is 11.1. The van der Waals surface area contributed by atoms with Gasteiger partial charge < -0.3 is 15.4 Å². The fourth-order valence-electron chi connectivity index (χ4n) is 0.859. The van der Waals surface area contributed by atoms with Crippen LogP contribution in [-0.4, -0.2) is 38.1 Å². The first-order chi connectivity index (χ1) is 5.94. The molecule has 5 nitrogen and oxygen atoms in total. The van der Waals surface area contributed by atoms with Gasteiger partial charge in [0.05, 0.1) is 13.7 Å². The van der Waals surface area contributed by atoms with Gasteiger partial charge in [0.25, 0.3) is 0 Å². The molecule has 0 unspecified atom stereocenters. The molecule has 5 heteroatoms. The number of ether oxygens (including phenoxy) is 1. The Hall–Kier alpha value is -1.10. The van der Waals surface area contributed by atoms with Crippen LogP contribution in [0.2, 0.25) is 0 Å². The van der Waals surface area contributed by atoms with E-state index in [0.29, 0.717) is 0 Å². The fourth-order valence-corrected chi connectivity index (χ4v) is 0.859. The van der Waals surface area contributed by atoms with E-state index in [1.54, 1.807) is 20.9 Å². The Morgan fingerprint density at radius 2 is 1.92 bits per heavy atom. The zero-order valence-corrected chi connectivity index (χ0v) is 8.43. The van der Waals surface area contributed by atoms with Gasteiger partial charge in [0.1, 0.15) is 5.54 Å². The molecule has 0 aromatic carbocycles. The van der Waals surface area contributed by atoms with Crippen molar-refractivity contribution in [2.24, 2.45) is 0 Å². The third-order valence-electron chi connectivity index (χ3n) is 1.48. The van der Waals surface area contributed by atoms with E-state index in [9.17, 15) is 9.59 Å². The Bertz CT molecular complexity index is 202. The average molecular weight is 188 g/mol. The highest BCUT2D eigenvalue weighted by molar-refractivity contribution is 5.88. The van der Waals surface area contributed by atoms with E-state index >= 15 is 0 Å². The lowest BCUT2D eigenvalue weighted by atomic mass is 10.1. The standard InChI is InChI=1S/C8H16N2O3/c1-8(2,7(12)13-4)10-6(11)5-9-3/h9H,5H2,1-4H3,(H,10,11). The molecule has 76 valence electrons. The maximum absolute atomic E-state index is 11.1. The van der Waals surface area contributed by atoms with E-state index in [2.05, 4.69) is 15.4 Å². The maximum Gasteiger partial charge on any atom is 0.330 e. The van der Waals surface area contributed by atoms with E-state index in [0.717, 1.165) is 0 Å². The number of methoxy groups -OCH3 is 1. The smallest absolute Gasteiger partial charge is 0.330 e. The van der Waals surface area contributed by atoms with Gasteiger partial charge in [0.15, 0.2) is 0 Å². The molecule has 0 radical (unpaired) electrons. The van der Waals surface area contributed by atoms with Gasteiger partial charge >= 0.3 is 5.97 Å². The average Bonchev–Trinajstić information content (AvgIpc) is 2.02. The van der Waals surface area contributed by atoms with Crippen LogP contribution < -0.4 is 10.6 Å². The Morgan fingerprint density at radius 1 is 1.38 bits per heavy atom. The van der Waals surface area contributed by atoms with Gasteiger partial charge in [-0.05, 0) is 20.9 Å². The summed E-state index contributed by atoms with van der Waals surface area (Å²) in [5.41, 5.74) is -0.970. The van der Waals surface area contributed by atoms with Crippen LogP contribution in [0.15, 0.2) is 0 Å².